The topological polar surface area (TPSA) is 39.2 Å². The van der Waals surface area contributed by atoms with Gasteiger partial charge in [0.25, 0.3) is 0 Å². The summed E-state index contributed by atoms with van der Waals surface area (Å²) in [6.45, 7) is 9.61. The molecule has 0 amide bonds. The summed E-state index contributed by atoms with van der Waals surface area (Å²) in [5.41, 5.74) is 1.83. The van der Waals surface area contributed by atoms with Crippen LogP contribution in [0.1, 0.15) is 12.5 Å². The van der Waals surface area contributed by atoms with E-state index in [-0.39, 0.29) is 5.78 Å². The van der Waals surface area contributed by atoms with Gasteiger partial charge in [0.15, 0.2) is 5.78 Å². The molecule has 3 nitrogen and oxygen atoms in total. The van der Waals surface area contributed by atoms with Crippen LogP contribution in [0.4, 0.5) is 0 Å². The molecule has 0 saturated heterocycles. The summed E-state index contributed by atoms with van der Waals surface area (Å²) in [7, 11) is 0. The number of fused-ring (bicyclic) bond motifs is 1. The molecule has 0 aliphatic carbocycles. The molecule has 2 rings (SSSR count). The summed E-state index contributed by atoms with van der Waals surface area (Å²) in [5, 5.41) is 1.30. The lowest BCUT2D eigenvalue weighted by Gasteiger charge is -2.07. The van der Waals surface area contributed by atoms with Crippen LogP contribution in [-0.4, -0.2) is 17.4 Å². The van der Waals surface area contributed by atoms with E-state index in [1.54, 1.807) is 6.08 Å². The molecule has 0 radical (unpaired) electrons. The van der Waals surface area contributed by atoms with Gasteiger partial charge in [0.1, 0.15) is 10.9 Å². The van der Waals surface area contributed by atoms with E-state index in [1.165, 1.54) is 18.2 Å². The zero-order valence-electron chi connectivity index (χ0n) is 13.5. The van der Waals surface area contributed by atoms with Crippen LogP contribution in [0, 0.1) is 0 Å². The Labute approximate surface area is 146 Å². The van der Waals surface area contributed by atoms with Crippen molar-refractivity contribution < 1.29 is 9.53 Å². The maximum atomic E-state index is 12.4. The Kier molecular flexibility index (Phi) is 6.10. The van der Waals surface area contributed by atoms with E-state index < -0.39 is 0 Å². The minimum Gasteiger partial charge on any atom is -0.493 e. The van der Waals surface area contributed by atoms with Gasteiger partial charge in [0, 0.05) is 10.9 Å². The van der Waals surface area contributed by atoms with Crippen molar-refractivity contribution in [1.29, 1.82) is 0 Å². The highest BCUT2D eigenvalue weighted by molar-refractivity contribution is 6.31. The molecule has 1 heterocycles. The van der Waals surface area contributed by atoms with E-state index in [2.05, 4.69) is 18.1 Å². The first-order valence-corrected chi connectivity index (χ1v) is 7.88. The van der Waals surface area contributed by atoms with Crippen LogP contribution in [-0.2, 0) is 9.53 Å². The predicted octanol–water partition coefficient (Wildman–Crippen LogP) is 5.13. The van der Waals surface area contributed by atoms with Crippen molar-refractivity contribution in [2.45, 2.75) is 6.92 Å². The van der Waals surface area contributed by atoms with E-state index in [4.69, 9.17) is 16.3 Å². The van der Waals surface area contributed by atoms with Crippen molar-refractivity contribution in [1.82, 2.24) is 4.98 Å². The number of allylic oxidation sites excluding steroid dienone is 4. The number of hydrogen-bond acceptors (Lipinski definition) is 3. The molecule has 0 bridgehead atoms. The van der Waals surface area contributed by atoms with Crippen LogP contribution in [0.15, 0.2) is 73.1 Å². The number of ether oxygens (including phenoxy) is 1. The maximum Gasteiger partial charge on any atom is 0.189 e. The van der Waals surface area contributed by atoms with Crippen LogP contribution in [0.5, 0.6) is 0 Å². The quantitative estimate of drug-likeness (QED) is 0.304. The van der Waals surface area contributed by atoms with Gasteiger partial charge in [-0.2, -0.15) is 0 Å². The number of para-hydroxylation sites is 1. The minimum atomic E-state index is -0.238. The van der Waals surface area contributed by atoms with Crippen LogP contribution in [0.25, 0.3) is 17.0 Å². The molecule has 2 aromatic rings. The first-order chi connectivity index (χ1) is 11.6. The van der Waals surface area contributed by atoms with Gasteiger partial charge in [-0.1, -0.05) is 49.0 Å². The number of benzene rings is 1. The largest absolute Gasteiger partial charge is 0.493 e. The summed E-state index contributed by atoms with van der Waals surface area (Å²) in [6, 6.07) is 9.54. The van der Waals surface area contributed by atoms with Crippen molar-refractivity contribution in [2.75, 3.05) is 6.61 Å². The third kappa shape index (κ3) is 4.00. The molecule has 24 heavy (non-hydrogen) atoms. The predicted molar refractivity (Wildman–Crippen MR) is 99.8 cm³/mol. The Morgan fingerprint density at radius 2 is 2.04 bits per heavy atom. The van der Waals surface area contributed by atoms with Crippen molar-refractivity contribution in [3.63, 3.8) is 0 Å². The third-order valence-electron chi connectivity index (χ3n) is 3.34. The summed E-state index contributed by atoms with van der Waals surface area (Å²) >= 11 is 6.19. The number of ketones is 1. The summed E-state index contributed by atoms with van der Waals surface area (Å²) in [6.07, 6.45) is 6.02. The molecule has 1 aromatic carbocycles. The van der Waals surface area contributed by atoms with E-state index in [0.29, 0.717) is 28.7 Å². The summed E-state index contributed by atoms with van der Waals surface area (Å²) in [4.78, 5) is 16.7. The zero-order valence-corrected chi connectivity index (χ0v) is 14.2. The molecular formula is C20H18ClNO2. The van der Waals surface area contributed by atoms with E-state index in [1.807, 2.05) is 37.3 Å². The minimum absolute atomic E-state index is 0.238. The Balaban J connectivity index is 2.35. The number of carbonyl (C=O) groups is 1. The molecule has 1 aromatic heterocycles. The van der Waals surface area contributed by atoms with Gasteiger partial charge < -0.3 is 4.74 Å². The van der Waals surface area contributed by atoms with Crippen LogP contribution >= 0.6 is 11.6 Å². The molecule has 0 fully saturated rings. The lowest BCUT2D eigenvalue weighted by atomic mass is 10.1. The second-order valence-corrected chi connectivity index (χ2v) is 5.24. The number of pyridine rings is 1. The van der Waals surface area contributed by atoms with Gasteiger partial charge in [-0.3, -0.25) is 4.79 Å². The zero-order chi connectivity index (χ0) is 17.5. The molecule has 0 spiro atoms. The molecule has 0 atom stereocenters. The normalized spacial score (nSPS) is 12.1. The Morgan fingerprint density at radius 3 is 2.71 bits per heavy atom. The number of halogens is 1. The highest BCUT2D eigenvalue weighted by Gasteiger charge is 2.09. The average molecular weight is 340 g/mol. The standard InChI is InChI=1S/C20H18ClNO2/c1-4-16(19(5-2)24-6-3)18(23)12-11-15-13-14-9-7-8-10-17(14)22-20(15)21/h4-5,7-13H,1-2,6H2,3H3/b12-11+,19-16-. The fourth-order valence-electron chi connectivity index (χ4n) is 2.21. The highest BCUT2D eigenvalue weighted by atomic mass is 35.5. The second kappa shape index (κ2) is 8.27. The molecule has 0 aliphatic rings. The highest BCUT2D eigenvalue weighted by Crippen LogP contribution is 2.22. The average Bonchev–Trinajstić information content (AvgIpc) is 2.59. The number of carbonyl (C=O) groups excluding carboxylic acids is 1. The van der Waals surface area contributed by atoms with Crippen molar-refractivity contribution in [2.24, 2.45) is 0 Å². The number of rotatable bonds is 7. The first kappa shape index (κ1) is 17.7. The van der Waals surface area contributed by atoms with Gasteiger partial charge in [-0.25, -0.2) is 4.98 Å². The summed E-state index contributed by atoms with van der Waals surface area (Å²) < 4.78 is 5.40. The Morgan fingerprint density at radius 1 is 1.29 bits per heavy atom. The molecule has 4 heteroatoms. The van der Waals surface area contributed by atoms with Gasteiger partial charge in [-0.05, 0) is 37.3 Å². The van der Waals surface area contributed by atoms with Gasteiger partial charge in [-0.15, -0.1) is 0 Å². The SMILES string of the molecule is C=C/C(OCC)=C(\C=C)C(=O)/C=C/c1cc2ccccc2nc1Cl. The van der Waals surface area contributed by atoms with Crippen LogP contribution in [0.3, 0.4) is 0 Å². The number of hydrogen-bond donors (Lipinski definition) is 0. The van der Waals surface area contributed by atoms with Crippen molar-refractivity contribution in [3.05, 3.63) is 83.8 Å². The molecule has 122 valence electrons. The molecule has 0 saturated carbocycles. The van der Waals surface area contributed by atoms with Crippen LogP contribution < -0.4 is 0 Å². The number of aromatic nitrogens is 1. The first-order valence-electron chi connectivity index (χ1n) is 7.50. The van der Waals surface area contributed by atoms with Gasteiger partial charge in [0.2, 0.25) is 0 Å². The van der Waals surface area contributed by atoms with Gasteiger partial charge >= 0.3 is 0 Å². The fourth-order valence-corrected chi connectivity index (χ4v) is 2.41. The molecule has 0 aliphatic heterocycles. The van der Waals surface area contributed by atoms with E-state index >= 15 is 0 Å². The maximum absolute atomic E-state index is 12.4. The third-order valence-corrected chi connectivity index (χ3v) is 3.64. The summed E-state index contributed by atoms with van der Waals surface area (Å²) in [5.74, 6) is 0.169. The van der Waals surface area contributed by atoms with Crippen molar-refractivity contribution in [3.8, 4) is 0 Å². The van der Waals surface area contributed by atoms with E-state index in [0.717, 1.165) is 10.9 Å². The van der Waals surface area contributed by atoms with Gasteiger partial charge in [0.05, 0.1) is 17.7 Å². The smallest absolute Gasteiger partial charge is 0.189 e. The van der Waals surface area contributed by atoms with E-state index in [9.17, 15) is 4.79 Å². The molecular weight excluding hydrogens is 322 g/mol. The fraction of sp³-hybridized carbons (Fsp3) is 0.100. The van der Waals surface area contributed by atoms with Crippen LogP contribution in [0.2, 0.25) is 5.15 Å². The second-order valence-electron chi connectivity index (χ2n) is 4.88. The monoisotopic (exact) mass is 339 g/mol. The molecule has 0 unspecified atom stereocenters. The molecule has 0 N–H and O–H groups in total. The Bertz CT molecular complexity index is 850. The van der Waals surface area contributed by atoms with Crippen molar-refractivity contribution >= 4 is 34.4 Å². The Hall–Kier alpha value is -2.65. The lowest BCUT2D eigenvalue weighted by Crippen LogP contribution is -2.02. The lowest BCUT2D eigenvalue weighted by molar-refractivity contribution is -0.111. The number of nitrogens with zero attached hydrogens (tertiary/aromatic N) is 1.